The predicted octanol–water partition coefficient (Wildman–Crippen LogP) is 3.86. The van der Waals surface area contributed by atoms with Crippen LogP contribution in [-0.4, -0.2) is 25.0 Å². The summed E-state index contributed by atoms with van der Waals surface area (Å²) in [6.07, 6.45) is 0. The monoisotopic (exact) mass is 394 g/mol. The summed E-state index contributed by atoms with van der Waals surface area (Å²) < 4.78 is 0.914. The molecule has 2 aromatic carbocycles. The van der Waals surface area contributed by atoms with Crippen molar-refractivity contribution in [3.63, 3.8) is 0 Å². The Morgan fingerprint density at radius 2 is 1.78 bits per heavy atom. The number of amidine groups is 1. The third kappa shape index (κ3) is 4.71. The van der Waals surface area contributed by atoms with Gasteiger partial charge in [0.1, 0.15) is 5.84 Å². The summed E-state index contributed by atoms with van der Waals surface area (Å²) in [5.41, 5.74) is 2.42. The number of nitrogens with zero attached hydrogens (tertiary/aromatic N) is 1. The molecule has 0 saturated carbocycles. The lowest BCUT2D eigenvalue weighted by Gasteiger charge is -2.09. The van der Waals surface area contributed by atoms with Gasteiger partial charge in [0.05, 0.1) is 6.54 Å². The number of urea groups is 1. The molecule has 0 unspecified atom stereocenters. The van der Waals surface area contributed by atoms with Crippen molar-refractivity contribution in [2.24, 2.45) is 4.99 Å². The van der Waals surface area contributed by atoms with Crippen molar-refractivity contribution >= 4 is 51.6 Å². The highest BCUT2D eigenvalue weighted by molar-refractivity contribution is 9.10. The first-order valence-corrected chi connectivity index (χ1v) is 7.72. The second-order valence-electron chi connectivity index (χ2n) is 4.83. The smallest absolute Gasteiger partial charge is 0.323 e. The zero-order valence-corrected chi connectivity index (χ0v) is 14.6. The largest absolute Gasteiger partial charge is 0.368 e. The number of aliphatic imine (C=N–C) groups is 1. The summed E-state index contributed by atoms with van der Waals surface area (Å²) in [5.74, 6) is 0.871. The van der Waals surface area contributed by atoms with Gasteiger partial charge in [-0.3, -0.25) is 4.99 Å². The molecule has 5 nitrogen and oxygen atoms in total. The highest BCUT2D eigenvalue weighted by Gasteiger charge is 2.09. The third-order valence-electron chi connectivity index (χ3n) is 3.15. The van der Waals surface area contributed by atoms with E-state index in [0.29, 0.717) is 0 Å². The highest BCUT2D eigenvalue weighted by atomic mass is 79.9. The molecule has 0 radical (unpaired) electrons. The lowest BCUT2D eigenvalue weighted by Crippen LogP contribution is -2.21. The zero-order chi connectivity index (χ0) is 15.4. The van der Waals surface area contributed by atoms with E-state index in [1.165, 1.54) is 0 Å². The Bertz CT molecular complexity index is 736. The average molecular weight is 396 g/mol. The molecule has 0 aliphatic carbocycles. The Kier molecular flexibility index (Phi) is 6.01. The van der Waals surface area contributed by atoms with Gasteiger partial charge in [-0.05, 0) is 30.3 Å². The van der Waals surface area contributed by atoms with Gasteiger partial charge in [0.15, 0.2) is 0 Å². The molecular formula is C16H16BrClN4O. The van der Waals surface area contributed by atoms with E-state index in [1.807, 2.05) is 48.5 Å². The predicted molar refractivity (Wildman–Crippen MR) is 99.9 cm³/mol. The summed E-state index contributed by atoms with van der Waals surface area (Å²) in [5, 5.41) is 8.84. The normalized spacial score (nSPS) is 12.7. The van der Waals surface area contributed by atoms with Gasteiger partial charge in [-0.15, -0.1) is 12.4 Å². The van der Waals surface area contributed by atoms with E-state index in [4.69, 9.17) is 0 Å². The summed E-state index contributed by atoms with van der Waals surface area (Å²) in [6.45, 7) is 1.65. The van der Waals surface area contributed by atoms with Gasteiger partial charge in [0.25, 0.3) is 0 Å². The van der Waals surface area contributed by atoms with Crippen LogP contribution in [0.1, 0.15) is 5.56 Å². The van der Waals surface area contributed by atoms with E-state index in [0.717, 1.165) is 40.3 Å². The van der Waals surface area contributed by atoms with Crippen molar-refractivity contribution in [2.45, 2.75) is 0 Å². The number of benzene rings is 2. The number of hydrogen-bond donors (Lipinski definition) is 3. The van der Waals surface area contributed by atoms with E-state index in [1.54, 1.807) is 0 Å². The van der Waals surface area contributed by atoms with Crippen LogP contribution in [-0.2, 0) is 0 Å². The first kappa shape index (κ1) is 17.3. The number of hydrogen-bond acceptors (Lipinski definition) is 3. The number of rotatable bonds is 3. The van der Waals surface area contributed by atoms with Gasteiger partial charge >= 0.3 is 6.03 Å². The van der Waals surface area contributed by atoms with Gasteiger partial charge in [0, 0.05) is 28.0 Å². The fourth-order valence-corrected chi connectivity index (χ4v) is 2.59. The van der Waals surface area contributed by atoms with Gasteiger partial charge in [-0.25, -0.2) is 4.79 Å². The van der Waals surface area contributed by atoms with E-state index in [-0.39, 0.29) is 18.4 Å². The molecular weight excluding hydrogens is 380 g/mol. The van der Waals surface area contributed by atoms with E-state index in [9.17, 15) is 4.79 Å². The number of anilines is 2. The minimum absolute atomic E-state index is 0. The van der Waals surface area contributed by atoms with Crippen LogP contribution >= 0.6 is 28.3 Å². The molecule has 0 aromatic heterocycles. The Hall–Kier alpha value is -2.05. The molecule has 120 valence electrons. The second kappa shape index (κ2) is 7.99. The third-order valence-corrected chi connectivity index (χ3v) is 3.64. The van der Waals surface area contributed by atoms with Crippen molar-refractivity contribution in [2.75, 3.05) is 23.7 Å². The van der Waals surface area contributed by atoms with Gasteiger partial charge in [-0.2, -0.15) is 0 Å². The van der Waals surface area contributed by atoms with Crippen LogP contribution in [0, 0.1) is 0 Å². The van der Waals surface area contributed by atoms with Crippen molar-refractivity contribution in [1.82, 2.24) is 5.32 Å². The maximum absolute atomic E-state index is 12.0. The fraction of sp³-hybridized carbons (Fsp3) is 0.125. The summed E-state index contributed by atoms with van der Waals surface area (Å²) >= 11 is 3.37. The van der Waals surface area contributed by atoms with E-state index < -0.39 is 0 Å². The molecule has 0 bridgehead atoms. The van der Waals surface area contributed by atoms with Gasteiger partial charge in [-0.1, -0.05) is 34.1 Å². The van der Waals surface area contributed by atoms with Crippen LogP contribution in [0.5, 0.6) is 0 Å². The fourth-order valence-electron chi connectivity index (χ4n) is 2.20. The summed E-state index contributed by atoms with van der Waals surface area (Å²) in [4.78, 5) is 16.4. The number of carbonyl (C=O) groups is 1. The Labute approximate surface area is 149 Å². The zero-order valence-electron chi connectivity index (χ0n) is 12.2. The molecule has 3 N–H and O–H groups in total. The second-order valence-corrected chi connectivity index (χ2v) is 5.74. The molecule has 0 fully saturated rings. The minimum atomic E-state index is -0.281. The Morgan fingerprint density at radius 1 is 1.09 bits per heavy atom. The standard InChI is InChI=1S/C16H15BrN4O.ClH/c17-12-4-2-6-14(10-12)21-16(22)20-13-5-1-3-11(9-13)15-18-7-8-19-15;/h1-6,9-10H,7-8H2,(H,18,19)(H2,20,21,22);1H. The molecule has 1 heterocycles. The van der Waals surface area contributed by atoms with E-state index in [2.05, 4.69) is 36.9 Å². The SMILES string of the molecule is Cl.O=C(Nc1cccc(Br)c1)Nc1cccc(C2=NCCN2)c1. The van der Waals surface area contributed by atoms with Crippen LogP contribution in [0.15, 0.2) is 58.0 Å². The maximum Gasteiger partial charge on any atom is 0.323 e. The lowest BCUT2D eigenvalue weighted by atomic mass is 10.2. The highest BCUT2D eigenvalue weighted by Crippen LogP contribution is 2.17. The molecule has 1 aliphatic heterocycles. The lowest BCUT2D eigenvalue weighted by molar-refractivity contribution is 0.262. The molecule has 0 atom stereocenters. The van der Waals surface area contributed by atoms with Gasteiger partial charge in [0.2, 0.25) is 0 Å². The van der Waals surface area contributed by atoms with E-state index >= 15 is 0 Å². The van der Waals surface area contributed by atoms with Crippen LogP contribution < -0.4 is 16.0 Å². The van der Waals surface area contributed by atoms with Crippen molar-refractivity contribution in [3.05, 3.63) is 58.6 Å². The molecule has 2 aromatic rings. The Morgan fingerprint density at radius 3 is 2.43 bits per heavy atom. The van der Waals surface area contributed by atoms with Crippen molar-refractivity contribution in [3.8, 4) is 0 Å². The van der Waals surface area contributed by atoms with Gasteiger partial charge < -0.3 is 16.0 Å². The first-order valence-electron chi connectivity index (χ1n) is 6.93. The number of carbonyl (C=O) groups excluding carboxylic acids is 1. The first-order chi connectivity index (χ1) is 10.7. The topological polar surface area (TPSA) is 65.5 Å². The van der Waals surface area contributed by atoms with Crippen molar-refractivity contribution in [1.29, 1.82) is 0 Å². The van der Waals surface area contributed by atoms with Crippen LogP contribution in [0.4, 0.5) is 16.2 Å². The molecule has 7 heteroatoms. The summed E-state index contributed by atoms with van der Waals surface area (Å²) in [6, 6.07) is 14.8. The quantitative estimate of drug-likeness (QED) is 0.739. The van der Waals surface area contributed by atoms with Crippen LogP contribution in [0.2, 0.25) is 0 Å². The Balaban J connectivity index is 0.00000192. The molecule has 23 heavy (non-hydrogen) atoms. The number of halogens is 2. The maximum atomic E-state index is 12.0. The van der Waals surface area contributed by atoms with Crippen LogP contribution in [0.3, 0.4) is 0 Å². The molecule has 2 amide bonds. The minimum Gasteiger partial charge on any atom is -0.368 e. The molecule has 0 saturated heterocycles. The average Bonchev–Trinajstić information content (AvgIpc) is 3.01. The number of nitrogens with one attached hydrogen (secondary N) is 3. The van der Waals surface area contributed by atoms with Crippen LogP contribution in [0.25, 0.3) is 0 Å². The molecule has 0 spiro atoms. The summed E-state index contributed by atoms with van der Waals surface area (Å²) in [7, 11) is 0. The van der Waals surface area contributed by atoms with Crippen molar-refractivity contribution < 1.29 is 4.79 Å². The molecule has 1 aliphatic rings. The number of amides is 2. The molecule has 3 rings (SSSR count).